The molecule has 2 heterocycles. The molecule has 1 atom stereocenters. The summed E-state index contributed by atoms with van der Waals surface area (Å²) in [5, 5.41) is 8.07. The van der Waals surface area contributed by atoms with Gasteiger partial charge in [0.25, 0.3) is 0 Å². The molecule has 8 nitrogen and oxygen atoms in total. The van der Waals surface area contributed by atoms with Crippen molar-refractivity contribution in [3.63, 3.8) is 0 Å². The third-order valence-electron chi connectivity index (χ3n) is 4.73. The number of carbonyl (C=O) groups is 1. The summed E-state index contributed by atoms with van der Waals surface area (Å²) in [5.74, 6) is 0.668. The summed E-state index contributed by atoms with van der Waals surface area (Å²) in [6.07, 6.45) is 0.466. The number of hydrogen-bond donors (Lipinski definition) is 1. The van der Waals surface area contributed by atoms with Crippen molar-refractivity contribution in [2.45, 2.75) is 32.6 Å². The van der Waals surface area contributed by atoms with E-state index in [1.54, 1.807) is 28.8 Å². The van der Waals surface area contributed by atoms with Crippen LogP contribution < -0.4 is 5.32 Å². The quantitative estimate of drug-likeness (QED) is 0.639. The summed E-state index contributed by atoms with van der Waals surface area (Å²) < 4.78 is 27.2. The Bertz CT molecular complexity index is 1050. The van der Waals surface area contributed by atoms with E-state index in [9.17, 15) is 13.2 Å². The number of hydrogen-bond acceptors (Lipinski definition) is 6. The van der Waals surface area contributed by atoms with Crippen LogP contribution in [0.1, 0.15) is 13.3 Å². The second-order valence-corrected chi connectivity index (χ2v) is 10.2. The first-order valence-corrected chi connectivity index (χ1v) is 11.9. The molecule has 11 heteroatoms. The maximum atomic E-state index is 12.3. The lowest BCUT2D eigenvalue weighted by atomic mass is 10.2. The van der Waals surface area contributed by atoms with Crippen LogP contribution in [0, 0.1) is 4.77 Å². The number of sulfone groups is 1. The van der Waals surface area contributed by atoms with Crippen LogP contribution >= 0.6 is 23.8 Å². The fraction of sp³-hybridized carbons (Fsp3) is 0.500. The standard InChI is InChI=1S/C18H24ClN5O3S2/c1-3-23-17(13-4-6-14(19)7-5-13)21-24(18(23)28)12-22(2)10-16(25)20-15-8-9-29(26,27)11-15/h4-7,15H,3,8-12H2,1-2H3,(H,20,25). The zero-order valence-electron chi connectivity index (χ0n) is 16.3. The molecule has 1 unspecified atom stereocenters. The van der Waals surface area contributed by atoms with Gasteiger partial charge in [-0.05, 0) is 56.9 Å². The van der Waals surface area contributed by atoms with Gasteiger partial charge in [-0.1, -0.05) is 11.6 Å². The molecular weight excluding hydrogens is 434 g/mol. The molecule has 1 aliphatic heterocycles. The van der Waals surface area contributed by atoms with Crippen LogP contribution in [0.25, 0.3) is 11.4 Å². The minimum atomic E-state index is -3.03. The fourth-order valence-electron chi connectivity index (χ4n) is 3.34. The Hall–Kier alpha value is -1.75. The van der Waals surface area contributed by atoms with Crippen LogP contribution in [0.2, 0.25) is 5.02 Å². The molecule has 2 aromatic rings. The molecule has 1 saturated heterocycles. The highest BCUT2D eigenvalue weighted by Gasteiger charge is 2.29. The molecule has 1 aromatic heterocycles. The largest absolute Gasteiger partial charge is 0.351 e. The van der Waals surface area contributed by atoms with Crippen LogP contribution in [-0.2, 0) is 27.8 Å². The van der Waals surface area contributed by atoms with Crippen molar-refractivity contribution in [3.8, 4) is 11.4 Å². The summed E-state index contributed by atoms with van der Waals surface area (Å²) in [6.45, 7) is 3.11. The maximum Gasteiger partial charge on any atom is 0.234 e. The molecule has 0 bridgehead atoms. The second kappa shape index (κ2) is 8.95. The molecule has 1 aliphatic rings. The van der Waals surface area contributed by atoms with Crippen LogP contribution in [0.5, 0.6) is 0 Å². The lowest BCUT2D eigenvalue weighted by Gasteiger charge is -2.17. The van der Waals surface area contributed by atoms with Gasteiger partial charge >= 0.3 is 0 Å². The molecule has 1 fully saturated rings. The summed E-state index contributed by atoms with van der Waals surface area (Å²) in [7, 11) is -1.23. The average molecular weight is 458 g/mol. The van der Waals surface area contributed by atoms with Gasteiger partial charge in [-0.2, -0.15) is 5.10 Å². The number of nitrogens with zero attached hydrogens (tertiary/aromatic N) is 4. The lowest BCUT2D eigenvalue weighted by Crippen LogP contribution is -2.42. The van der Waals surface area contributed by atoms with E-state index >= 15 is 0 Å². The summed E-state index contributed by atoms with van der Waals surface area (Å²) >= 11 is 11.5. The molecule has 158 valence electrons. The van der Waals surface area contributed by atoms with Crippen molar-refractivity contribution >= 4 is 39.6 Å². The first-order valence-electron chi connectivity index (χ1n) is 9.30. The highest BCUT2D eigenvalue weighted by Crippen LogP contribution is 2.21. The first kappa shape index (κ1) is 21.9. The van der Waals surface area contributed by atoms with Crippen LogP contribution in [-0.4, -0.2) is 64.7 Å². The Kier molecular flexibility index (Phi) is 6.77. The molecule has 1 N–H and O–H groups in total. The number of nitrogens with one attached hydrogen (secondary N) is 1. The normalized spacial score (nSPS) is 18.3. The maximum absolute atomic E-state index is 12.3. The zero-order chi connectivity index (χ0) is 21.2. The van der Waals surface area contributed by atoms with E-state index < -0.39 is 9.84 Å². The van der Waals surface area contributed by atoms with Crippen LogP contribution in [0.3, 0.4) is 0 Å². The Morgan fingerprint density at radius 1 is 1.38 bits per heavy atom. The van der Waals surface area contributed by atoms with Gasteiger partial charge in [0, 0.05) is 23.2 Å². The molecule has 0 radical (unpaired) electrons. The highest BCUT2D eigenvalue weighted by atomic mass is 35.5. The van der Waals surface area contributed by atoms with E-state index in [-0.39, 0.29) is 30.0 Å². The number of likely N-dealkylation sites (N-methyl/N-ethyl adjacent to an activating group) is 1. The van der Waals surface area contributed by atoms with Crippen LogP contribution in [0.15, 0.2) is 24.3 Å². The monoisotopic (exact) mass is 457 g/mol. The average Bonchev–Trinajstić information content (AvgIpc) is 3.14. The van der Waals surface area contributed by atoms with Crippen molar-refractivity contribution in [2.24, 2.45) is 0 Å². The number of carbonyl (C=O) groups excluding carboxylic acids is 1. The highest BCUT2D eigenvalue weighted by molar-refractivity contribution is 7.91. The van der Waals surface area contributed by atoms with E-state index in [1.807, 2.05) is 23.6 Å². The number of amides is 1. The van der Waals surface area contributed by atoms with Gasteiger partial charge in [-0.25, -0.2) is 13.1 Å². The minimum absolute atomic E-state index is 0.0128. The molecule has 0 spiro atoms. The zero-order valence-corrected chi connectivity index (χ0v) is 18.7. The number of halogens is 1. The number of rotatable bonds is 7. The summed E-state index contributed by atoms with van der Waals surface area (Å²) in [6, 6.07) is 7.09. The molecule has 1 aromatic carbocycles. The van der Waals surface area contributed by atoms with Crippen molar-refractivity contribution in [3.05, 3.63) is 34.1 Å². The predicted octanol–water partition coefficient (Wildman–Crippen LogP) is 1.95. The topological polar surface area (TPSA) is 89.2 Å². The Balaban J connectivity index is 1.67. The number of benzene rings is 1. The first-order chi connectivity index (χ1) is 13.7. The van der Waals surface area contributed by atoms with E-state index in [4.69, 9.17) is 23.8 Å². The predicted molar refractivity (Wildman–Crippen MR) is 115 cm³/mol. The summed E-state index contributed by atoms with van der Waals surface area (Å²) in [5.41, 5.74) is 0.906. The van der Waals surface area contributed by atoms with Crippen molar-refractivity contribution in [1.29, 1.82) is 0 Å². The molecule has 0 aliphatic carbocycles. The molecule has 0 saturated carbocycles. The fourth-order valence-corrected chi connectivity index (χ4v) is 5.45. The van der Waals surface area contributed by atoms with Crippen molar-refractivity contribution < 1.29 is 13.2 Å². The van der Waals surface area contributed by atoms with Crippen molar-refractivity contribution in [1.82, 2.24) is 24.6 Å². The smallest absolute Gasteiger partial charge is 0.234 e. The lowest BCUT2D eigenvalue weighted by molar-refractivity contribution is -0.122. The third kappa shape index (κ3) is 5.44. The van der Waals surface area contributed by atoms with Gasteiger partial charge in [0.2, 0.25) is 5.91 Å². The minimum Gasteiger partial charge on any atom is -0.351 e. The molecular formula is C18H24ClN5O3S2. The van der Waals surface area contributed by atoms with Gasteiger partial charge in [0.05, 0.1) is 24.7 Å². The SMILES string of the molecule is CCn1c(-c2ccc(Cl)cc2)nn(CN(C)CC(=O)NC2CCS(=O)(=O)C2)c1=S. The number of aromatic nitrogens is 3. The second-order valence-electron chi connectivity index (χ2n) is 7.18. The van der Waals surface area contributed by atoms with Gasteiger partial charge in [0.1, 0.15) is 0 Å². The summed E-state index contributed by atoms with van der Waals surface area (Å²) in [4.78, 5) is 14.0. The van der Waals surface area contributed by atoms with Gasteiger partial charge in [0.15, 0.2) is 20.4 Å². The molecule has 3 rings (SSSR count). The van der Waals surface area contributed by atoms with Gasteiger partial charge in [-0.15, -0.1) is 0 Å². The van der Waals surface area contributed by atoms with E-state index in [0.717, 1.165) is 11.4 Å². The van der Waals surface area contributed by atoms with E-state index in [2.05, 4.69) is 10.4 Å². The Morgan fingerprint density at radius 3 is 2.66 bits per heavy atom. The third-order valence-corrected chi connectivity index (χ3v) is 7.18. The van der Waals surface area contributed by atoms with Gasteiger partial charge < -0.3 is 9.88 Å². The van der Waals surface area contributed by atoms with E-state index in [0.29, 0.717) is 29.4 Å². The van der Waals surface area contributed by atoms with Gasteiger partial charge in [-0.3, -0.25) is 9.69 Å². The molecule has 29 heavy (non-hydrogen) atoms. The van der Waals surface area contributed by atoms with E-state index in [1.165, 1.54) is 0 Å². The molecule has 1 amide bonds. The van der Waals surface area contributed by atoms with Crippen LogP contribution in [0.4, 0.5) is 0 Å². The Morgan fingerprint density at radius 2 is 2.07 bits per heavy atom. The Labute approximate surface area is 180 Å². The van der Waals surface area contributed by atoms with Crippen molar-refractivity contribution in [2.75, 3.05) is 25.1 Å².